The van der Waals surface area contributed by atoms with Crippen LogP contribution < -0.4 is 10.1 Å². The number of amides is 2. The van der Waals surface area contributed by atoms with Gasteiger partial charge < -0.3 is 24.8 Å². The predicted octanol–water partition coefficient (Wildman–Crippen LogP) is 3.94. The van der Waals surface area contributed by atoms with E-state index in [1.54, 1.807) is 20.8 Å². The normalized spacial score (nSPS) is 16.5. The van der Waals surface area contributed by atoms with Gasteiger partial charge in [0, 0.05) is 20.6 Å². The van der Waals surface area contributed by atoms with Gasteiger partial charge in [0.25, 0.3) is 0 Å². The Kier molecular flexibility index (Phi) is 10.9. The first-order chi connectivity index (χ1) is 17.4. The van der Waals surface area contributed by atoms with Crippen LogP contribution in [0, 0.1) is 23.4 Å². The number of Topliss-reactive ketones (excluding diaryl/α,β-unsaturated/α-hetero) is 1. The average molecular weight is 531 g/mol. The molecule has 206 valence electrons. The summed E-state index contributed by atoms with van der Waals surface area (Å²) in [5, 5.41) is 11.6. The van der Waals surface area contributed by atoms with Crippen molar-refractivity contribution in [3.63, 3.8) is 0 Å². The highest BCUT2D eigenvalue weighted by atomic mass is 19.2. The van der Waals surface area contributed by atoms with E-state index >= 15 is 0 Å². The van der Waals surface area contributed by atoms with Crippen LogP contribution in [0.2, 0.25) is 0 Å². The highest BCUT2D eigenvalue weighted by Gasteiger charge is 2.33. The van der Waals surface area contributed by atoms with Crippen LogP contribution in [0.3, 0.4) is 0 Å². The van der Waals surface area contributed by atoms with E-state index in [1.807, 2.05) is 0 Å². The fourth-order valence-electron chi connectivity index (χ4n) is 3.71. The highest BCUT2D eigenvalue weighted by Crippen LogP contribution is 2.29. The molecule has 12 heteroatoms. The number of carboxylic acid groups (broad SMARTS) is 1. The molecule has 2 rings (SSSR count). The molecule has 1 fully saturated rings. The van der Waals surface area contributed by atoms with Crippen LogP contribution in [-0.4, -0.2) is 65.6 Å². The van der Waals surface area contributed by atoms with Crippen LogP contribution in [0.25, 0.3) is 6.08 Å². The molecule has 0 aliphatic carbocycles. The Morgan fingerprint density at radius 1 is 1.24 bits per heavy atom. The lowest BCUT2D eigenvalue weighted by atomic mass is 9.96. The summed E-state index contributed by atoms with van der Waals surface area (Å²) in [6.45, 7) is 4.54. The van der Waals surface area contributed by atoms with Crippen molar-refractivity contribution >= 4 is 29.8 Å². The zero-order valence-corrected chi connectivity index (χ0v) is 20.9. The van der Waals surface area contributed by atoms with E-state index in [-0.39, 0.29) is 14.1 Å². The lowest BCUT2D eigenvalue weighted by Gasteiger charge is -2.32. The molecule has 0 saturated carbocycles. The Balaban J connectivity index is 0.00000722. The molecule has 0 bridgehead atoms. The van der Waals surface area contributed by atoms with E-state index in [4.69, 9.17) is 9.47 Å². The average Bonchev–Trinajstić information content (AvgIpc) is 2.83. The molecule has 1 aliphatic rings. The number of ether oxygens (including phenoxy) is 2. The number of allylic oxidation sites excluding steroid dienone is 1. The Labute approximate surface area is 214 Å². The molecule has 9 nitrogen and oxygen atoms in total. The maximum absolute atomic E-state index is 14.3. The first-order valence-corrected chi connectivity index (χ1v) is 11.9. The summed E-state index contributed by atoms with van der Waals surface area (Å²) >= 11 is 0. The zero-order chi connectivity index (χ0) is 27.7. The summed E-state index contributed by atoms with van der Waals surface area (Å²) < 4.78 is 52.6. The predicted molar refractivity (Wildman–Crippen MR) is 128 cm³/mol. The third kappa shape index (κ3) is 8.50. The van der Waals surface area contributed by atoms with Gasteiger partial charge in [-0.3, -0.25) is 14.4 Å². The largest absolute Gasteiger partial charge is 0.482 e. The molecule has 1 aliphatic heterocycles. The lowest BCUT2D eigenvalue weighted by Crippen LogP contribution is -2.51. The van der Waals surface area contributed by atoms with E-state index in [0.29, 0.717) is 31.9 Å². The van der Waals surface area contributed by atoms with Gasteiger partial charge in [-0.05, 0) is 33.1 Å². The third-order valence-corrected chi connectivity index (χ3v) is 5.51. The number of carboxylic acids is 1. The molecule has 1 saturated heterocycles. The van der Waals surface area contributed by atoms with Crippen LogP contribution in [0.15, 0.2) is 12.1 Å². The van der Waals surface area contributed by atoms with Crippen molar-refractivity contribution in [1.82, 2.24) is 10.2 Å². The summed E-state index contributed by atoms with van der Waals surface area (Å²) in [6.07, 6.45) is 2.24. The standard InChI is InChI=1S/C25H31F3N2O7.H2/c1-4-5-8-16-17(26)10-18(27)22(28)23(16)36-13-20(31)19(11-21(32)33)29-24(34)15-7-6-9-30(12-15)25(35)37-14(2)3;/h5,8,10,14-15,19H,4,6-7,9,11-13H2,1-3H3,(H,29,34)(H,32,33);1H/b8-5+;/t15-,19+;/m1./s1. The van der Waals surface area contributed by atoms with Crippen LogP contribution >= 0.6 is 0 Å². The molecule has 2 amide bonds. The molecule has 0 unspecified atom stereocenters. The van der Waals surface area contributed by atoms with Crippen molar-refractivity contribution in [3.05, 3.63) is 35.2 Å². The van der Waals surface area contributed by atoms with Gasteiger partial charge in [-0.25, -0.2) is 13.6 Å². The first-order valence-electron chi connectivity index (χ1n) is 11.9. The van der Waals surface area contributed by atoms with E-state index < -0.39 is 77.5 Å². The number of aliphatic carboxylic acids is 1. The minimum Gasteiger partial charge on any atom is -0.482 e. The Morgan fingerprint density at radius 2 is 1.95 bits per heavy atom. The molecule has 1 aromatic carbocycles. The van der Waals surface area contributed by atoms with Gasteiger partial charge in [0.05, 0.1) is 24.0 Å². The second kappa shape index (κ2) is 13.7. The molecule has 1 heterocycles. The molecule has 0 spiro atoms. The van der Waals surface area contributed by atoms with Crippen molar-refractivity contribution in [2.75, 3.05) is 19.7 Å². The van der Waals surface area contributed by atoms with Crippen LogP contribution in [0.1, 0.15) is 53.4 Å². The number of carbonyl (C=O) groups is 4. The fraction of sp³-hybridized carbons (Fsp3) is 0.520. The second-order valence-corrected chi connectivity index (χ2v) is 8.84. The monoisotopic (exact) mass is 530 g/mol. The number of hydrogen-bond donors (Lipinski definition) is 2. The Bertz CT molecular complexity index is 1050. The molecule has 0 radical (unpaired) electrons. The van der Waals surface area contributed by atoms with Crippen molar-refractivity contribution in [3.8, 4) is 5.75 Å². The Hall–Kier alpha value is -3.57. The van der Waals surface area contributed by atoms with Gasteiger partial charge in [0.1, 0.15) is 18.5 Å². The molecule has 37 heavy (non-hydrogen) atoms. The zero-order valence-electron chi connectivity index (χ0n) is 20.9. The highest BCUT2D eigenvalue weighted by molar-refractivity contribution is 5.93. The number of rotatable bonds is 11. The fourth-order valence-corrected chi connectivity index (χ4v) is 3.71. The minimum absolute atomic E-state index is 0. The number of hydrogen-bond acceptors (Lipinski definition) is 6. The van der Waals surface area contributed by atoms with Gasteiger partial charge in [-0.15, -0.1) is 0 Å². The van der Waals surface area contributed by atoms with Crippen LogP contribution in [0.5, 0.6) is 5.75 Å². The maximum Gasteiger partial charge on any atom is 0.410 e. The summed E-state index contributed by atoms with van der Waals surface area (Å²) in [7, 11) is 0. The topological polar surface area (TPSA) is 122 Å². The molecule has 1 aromatic rings. The quantitative estimate of drug-likeness (QED) is 0.416. The number of nitrogens with zero attached hydrogens (tertiary/aromatic N) is 1. The summed E-state index contributed by atoms with van der Waals surface area (Å²) in [5.41, 5.74) is -0.414. The van der Waals surface area contributed by atoms with Gasteiger partial charge in [0.2, 0.25) is 11.7 Å². The molecule has 2 N–H and O–H groups in total. The van der Waals surface area contributed by atoms with Gasteiger partial charge in [-0.1, -0.05) is 19.1 Å². The number of halogens is 3. The number of nitrogens with one attached hydrogen (secondary N) is 1. The SMILES string of the molecule is CC/C=C/c1c(F)cc(F)c(F)c1OCC(=O)[C@H](CC(=O)O)NC(=O)[C@@H]1CCCN(C(=O)OC(C)C)C1.[HH]. The molecule has 2 atom stereocenters. The Morgan fingerprint density at radius 3 is 2.57 bits per heavy atom. The van der Waals surface area contributed by atoms with Gasteiger partial charge in [0.15, 0.2) is 17.3 Å². The van der Waals surface area contributed by atoms with Crippen molar-refractivity contribution in [1.29, 1.82) is 0 Å². The van der Waals surface area contributed by atoms with Crippen molar-refractivity contribution < 1.29 is 48.4 Å². The maximum atomic E-state index is 14.3. The number of carbonyl (C=O) groups excluding carboxylic acids is 3. The summed E-state index contributed by atoms with van der Waals surface area (Å²) in [5.74, 6) is -8.73. The molecule has 0 aromatic heterocycles. The molecular formula is C25H33F3N2O7. The van der Waals surface area contributed by atoms with Crippen molar-refractivity contribution in [2.45, 2.75) is 58.6 Å². The van der Waals surface area contributed by atoms with Crippen LogP contribution in [0.4, 0.5) is 18.0 Å². The smallest absolute Gasteiger partial charge is 0.410 e. The summed E-state index contributed by atoms with van der Waals surface area (Å²) in [6, 6.07) is -1.21. The van der Waals surface area contributed by atoms with E-state index in [2.05, 4.69) is 5.32 Å². The van der Waals surface area contributed by atoms with Crippen molar-refractivity contribution in [2.24, 2.45) is 5.92 Å². The number of ketones is 1. The van der Waals surface area contributed by atoms with Crippen LogP contribution in [-0.2, 0) is 19.1 Å². The lowest BCUT2D eigenvalue weighted by molar-refractivity contribution is -0.141. The first kappa shape index (κ1) is 29.7. The minimum atomic E-state index is -1.56. The number of benzene rings is 1. The van der Waals surface area contributed by atoms with E-state index in [0.717, 1.165) is 0 Å². The van der Waals surface area contributed by atoms with E-state index in [1.165, 1.54) is 17.1 Å². The third-order valence-electron chi connectivity index (χ3n) is 5.51. The van der Waals surface area contributed by atoms with Gasteiger partial charge in [-0.2, -0.15) is 4.39 Å². The number of likely N-dealkylation sites (tertiary alicyclic amines) is 1. The molecular weight excluding hydrogens is 497 g/mol. The number of piperidine rings is 1. The second-order valence-electron chi connectivity index (χ2n) is 8.84. The van der Waals surface area contributed by atoms with Gasteiger partial charge >= 0.3 is 12.1 Å². The summed E-state index contributed by atoms with van der Waals surface area (Å²) in [4.78, 5) is 50.4. The van der Waals surface area contributed by atoms with E-state index in [9.17, 15) is 37.5 Å².